The molecule has 0 aromatic heterocycles. The van der Waals surface area contributed by atoms with E-state index in [0.717, 1.165) is 0 Å². The molecule has 2 atom stereocenters. The zero-order valence-electron chi connectivity index (χ0n) is 13.9. The second kappa shape index (κ2) is 8.14. The van der Waals surface area contributed by atoms with E-state index in [1.165, 1.54) is 28.0 Å². The lowest BCUT2D eigenvalue weighted by atomic mass is 9.98. The molecule has 0 saturated carbocycles. The summed E-state index contributed by atoms with van der Waals surface area (Å²) in [6.45, 7) is 2.88. The molecule has 0 aliphatic rings. The fourth-order valence-corrected chi connectivity index (χ4v) is 2.19. The van der Waals surface area contributed by atoms with Gasteiger partial charge in [-0.25, -0.2) is 0 Å². The molecule has 0 fully saturated rings. The number of ether oxygens (including phenoxy) is 1. The van der Waals surface area contributed by atoms with Gasteiger partial charge in [0.25, 0.3) is 5.78 Å². The van der Waals surface area contributed by atoms with Gasteiger partial charge in [0, 0.05) is 0 Å². The van der Waals surface area contributed by atoms with Crippen molar-refractivity contribution in [2.75, 3.05) is 14.2 Å². The minimum atomic E-state index is -5.00. The zero-order valence-corrected chi connectivity index (χ0v) is 13.9. The number of nitrogens with one attached hydrogen (secondary N) is 2. The van der Waals surface area contributed by atoms with Crippen LogP contribution in [-0.2, 0) is 9.59 Å². The molecule has 0 saturated heterocycles. The Kier molecular flexibility index (Phi) is 6.77. The number of benzene rings is 1. The maximum atomic E-state index is 12.7. The number of ketones is 1. The predicted molar refractivity (Wildman–Crippen MR) is 82.6 cm³/mol. The number of rotatable bonds is 7. The molecule has 1 rings (SSSR count). The highest BCUT2D eigenvalue weighted by atomic mass is 19.4. The molecule has 5 nitrogen and oxygen atoms in total. The Morgan fingerprint density at radius 1 is 1.12 bits per heavy atom. The third kappa shape index (κ3) is 4.95. The second-order valence-electron chi connectivity index (χ2n) is 5.59. The van der Waals surface area contributed by atoms with Gasteiger partial charge < -0.3 is 15.4 Å². The second-order valence-corrected chi connectivity index (χ2v) is 5.59. The van der Waals surface area contributed by atoms with Gasteiger partial charge in [-0.05, 0) is 30.7 Å². The third-order valence-electron chi connectivity index (χ3n) is 3.53. The van der Waals surface area contributed by atoms with E-state index >= 15 is 0 Å². The summed E-state index contributed by atoms with van der Waals surface area (Å²) in [5.74, 6) is -2.79. The van der Waals surface area contributed by atoms with E-state index in [1.807, 2.05) is 0 Å². The van der Waals surface area contributed by atoms with Crippen LogP contribution in [0.15, 0.2) is 24.3 Å². The Morgan fingerprint density at radius 2 is 1.67 bits per heavy atom. The number of amides is 1. The van der Waals surface area contributed by atoms with Crippen molar-refractivity contribution in [3.05, 3.63) is 29.8 Å². The summed E-state index contributed by atoms with van der Waals surface area (Å²) in [6.07, 6.45) is -5.00. The molecule has 2 N–H and O–H groups in total. The molecule has 1 aromatic carbocycles. The zero-order chi connectivity index (χ0) is 18.5. The van der Waals surface area contributed by atoms with Gasteiger partial charge in [-0.2, -0.15) is 13.2 Å². The first-order valence-electron chi connectivity index (χ1n) is 7.34. The summed E-state index contributed by atoms with van der Waals surface area (Å²) in [5.41, 5.74) is 0.540. The van der Waals surface area contributed by atoms with Crippen molar-refractivity contribution in [3.8, 4) is 5.75 Å². The third-order valence-corrected chi connectivity index (χ3v) is 3.53. The minimum Gasteiger partial charge on any atom is -0.497 e. The van der Waals surface area contributed by atoms with Crippen molar-refractivity contribution in [3.63, 3.8) is 0 Å². The van der Waals surface area contributed by atoms with Crippen LogP contribution in [0.25, 0.3) is 0 Å². The molecule has 0 radical (unpaired) electrons. The number of hydrogen-bond donors (Lipinski definition) is 2. The van der Waals surface area contributed by atoms with Gasteiger partial charge in [-0.3, -0.25) is 9.59 Å². The molecule has 24 heavy (non-hydrogen) atoms. The van der Waals surface area contributed by atoms with Crippen LogP contribution < -0.4 is 15.4 Å². The van der Waals surface area contributed by atoms with Crippen LogP contribution in [0, 0.1) is 5.92 Å². The van der Waals surface area contributed by atoms with Gasteiger partial charge in [0.05, 0.1) is 13.2 Å². The Bertz CT molecular complexity index is 571. The van der Waals surface area contributed by atoms with Crippen LogP contribution in [0.3, 0.4) is 0 Å². The number of carbonyl (C=O) groups is 2. The first kappa shape index (κ1) is 20.0. The van der Waals surface area contributed by atoms with E-state index in [2.05, 4.69) is 10.6 Å². The van der Waals surface area contributed by atoms with Crippen molar-refractivity contribution in [2.24, 2.45) is 5.92 Å². The van der Waals surface area contributed by atoms with Gasteiger partial charge in [-0.1, -0.05) is 26.0 Å². The standard InChI is InChI=1S/C16H21F3N2O3/c1-9(2)12(14(22)16(17,18)19)21-15(23)13(20-3)10-5-7-11(24-4)8-6-10/h5-9,12-13,20H,1-4H3,(H,21,23)/t12-,13?/m0/s1. The van der Waals surface area contributed by atoms with E-state index in [4.69, 9.17) is 4.74 Å². The van der Waals surface area contributed by atoms with Gasteiger partial charge in [-0.15, -0.1) is 0 Å². The topological polar surface area (TPSA) is 67.4 Å². The normalized spacial score (nSPS) is 14.2. The molecule has 1 aromatic rings. The maximum absolute atomic E-state index is 12.7. The van der Waals surface area contributed by atoms with E-state index in [0.29, 0.717) is 11.3 Å². The molecule has 8 heteroatoms. The van der Waals surface area contributed by atoms with Crippen molar-refractivity contribution in [2.45, 2.75) is 32.1 Å². The van der Waals surface area contributed by atoms with Crippen LogP contribution >= 0.6 is 0 Å². The van der Waals surface area contributed by atoms with Gasteiger partial charge in [0.2, 0.25) is 5.91 Å². The van der Waals surface area contributed by atoms with E-state index in [-0.39, 0.29) is 0 Å². The SMILES string of the molecule is CNC(C(=O)N[C@H](C(=O)C(F)(F)F)C(C)C)c1ccc(OC)cc1. The van der Waals surface area contributed by atoms with Gasteiger partial charge >= 0.3 is 6.18 Å². The Labute approximate surface area is 138 Å². The van der Waals surface area contributed by atoms with E-state index in [9.17, 15) is 22.8 Å². The molecule has 0 bridgehead atoms. The summed E-state index contributed by atoms with van der Waals surface area (Å²) >= 11 is 0. The first-order chi connectivity index (χ1) is 11.1. The summed E-state index contributed by atoms with van der Waals surface area (Å²) in [7, 11) is 3.00. The van der Waals surface area contributed by atoms with Crippen LogP contribution in [-0.4, -0.2) is 38.1 Å². The highest BCUT2D eigenvalue weighted by Gasteiger charge is 2.45. The summed E-state index contributed by atoms with van der Waals surface area (Å²) in [4.78, 5) is 23.8. The van der Waals surface area contributed by atoms with Crippen LogP contribution in [0.4, 0.5) is 13.2 Å². The molecule has 0 aliphatic carbocycles. The van der Waals surface area contributed by atoms with Crippen molar-refractivity contribution in [1.82, 2.24) is 10.6 Å². The number of hydrogen-bond acceptors (Lipinski definition) is 4. The van der Waals surface area contributed by atoms with Gasteiger partial charge in [0.1, 0.15) is 11.8 Å². The molecule has 0 spiro atoms. The molecule has 0 heterocycles. The Balaban J connectivity index is 2.96. The summed E-state index contributed by atoms with van der Waals surface area (Å²) in [5, 5.41) is 4.93. The van der Waals surface area contributed by atoms with Crippen LogP contribution in [0.5, 0.6) is 5.75 Å². The first-order valence-corrected chi connectivity index (χ1v) is 7.34. The summed E-state index contributed by atoms with van der Waals surface area (Å²) < 4.78 is 43.0. The van der Waals surface area contributed by atoms with Crippen molar-refractivity contribution >= 4 is 11.7 Å². The van der Waals surface area contributed by atoms with E-state index < -0.39 is 35.9 Å². The monoisotopic (exact) mass is 346 g/mol. The van der Waals surface area contributed by atoms with Crippen molar-refractivity contribution in [1.29, 1.82) is 0 Å². The summed E-state index contributed by atoms with van der Waals surface area (Å²) in [6, 6.07) is 3.98. The smallest absolute Gasteiger partial charge is 0.452 e. The highest BCUT2D eigenvalue weighted by Crippen LogP contribution is 2.22. The predicted octanol–water partition coefficient (Wildman–Crippen LogP) is 2.23. The number of methoxy groups -OCH3 is 1. The minimum absolute atomic E-state index is 0.540. The molecule has 134 valence electrons. The number of carbonyl (C=O) groups excluding carboxylic acids is 2. The largest absolute Gasteiger partial charge is 0.497 e. The number of halogens is 3. The fraction of sp³-hybridized carbons (Fsp3) is 0.500. The molecular formula is C16H21F3N2O3. The lowest BCUT2D eigenvalue weighted by molar-refractivity contribution is -0.175. The average molecular weight is 346 g/mol. The van der Waals surface area contributed by atoms with Gasteiger partial charge in [0.15, 0.2) is 0 Å². The highest BCUT2D eigenvalue weighted by molar-refractivity contribution is 5.94. The maximum Gasteiger partial charge on any atom is 0.452 e. The quantitative estimate of drug-likeness (QED) is 0.795. The Hall–Kier alpha value is -2.09. The molecular weight excluding hydrogens is 325 g/mol. The van der Waals surface area contributed by atoms with Crippen LogP contribution in [0.1, 0.15) is 25.5 Å². The van der Waals surface area contributed by atoms with Crippen molar-refractivity contribution < 1.29 is 27.5 Å². The number of Topliss-reactive ketones (excluding diaryl/α,β-unsaturated/α-hetero) is 1. The lowest BCUT2D eigenvalue weighted by Crippen LogP contribution is -2.52. The lowest BCUT2D eigenvalue weighted by Gasteiger charge is -2.25. The number of likely N-dealkylation sites (N-methyl/N-ethyl adjacent to an activating group) is 1. The molecule has 1 unspecified atom stereocenters. The van der Waals surface area contributed by atoms with Crippen LogP contribution in [0.2, 0.25) is 0 Å². The number of alkyl halides is 3. The molecule has 0 aliphatic heterocycles. The Morgan fingerprint density at radius 3 is 2.04 bits per heavy atom. The average Bonchev–Trinajstić information content (AvgIpc) is 2.52. The fourth-order valence-electron chi connectivity index (χ4n) is 2.19. The molecule has 1 amide bonds. The van der Waals surface area contributed by atoms with E-state index in [1.54, 1.807) is 24.3 Å².